The van der Waals surface area contributed by atoms with Crippen molar-refractivity contribution in [2.75, 3.05) is 20.3 Å². The van der Waals surface area contributed by atoms with Gasteiger partial charge in [0.1, 0.15) is 6.61 Å². The van der Waals surface area contributed by atoms with E-state index in [4.69, 9.17) is 10.5 Å². The predicted molar refractivity (Wildman–Crippen MR) is 62.5 cm³/mol. The van der Waals surface area contributed by atoms with Gasteiger partial charge in [-0.3, -0.25) is 4.79 Å². The van der Waals surface area contributed by atoms with Crippen LogP contribution in [0.25, 0.3) is 0 Å². The molecular weight excluding hydrogens is 240 g/mol. The molecule has 0 saturated heterocycles. The van der Waals surface area contributed by atoms with Crippen LogP contribution >= 0.6 is 0 Å². The Morgan fingerprint density at radius 1 is 1.44 bits per heavy atom. The number of carbonyl (C=O) groups is 2. The van der Waals surface area contributed by atoms with Gasteiger partial charge in [0.15, 0.2) is 11.5 Å². The second-order valence-corrected chi connectivity index (χ2v) is 3.28. The summed E-state index contributed by atoms with van der Waals surface area (Å²) in [6.45, 7) is 0.0597. The molecular formula is C11H14N2O5. The van der Waals surface area contributed by atoms with Crippen LogP contribution in [-0.2, 0) is 4.74 Å². The van der Waals surface area contributed by atoms with Crippen molar-refractivity contribution in [1.82, 2.24) is 5.32 Å². The lowest BCUT2D eigenvalue weighted by Crippen LogP contribution is -2.29. The van der Waals surface area contributed by atoms with Gasteiger partial charge in [-0.1, -0.05) is 6.07 Å². The van der Waals surface area contributed by atoms with Crippen LogP contribution in [0.1, 0.15) is 10.4 Å². The first-order valence-corrected chi connectivity index (χ1v) is 5.12. The number of benzene rings is 1. The molecule has 1 rings (SSSR count). The molecule has 0 aliphatic heterocycles. The van der Waals surface area contributed by atoms with Crippen molar-refractivity contribution in [2.24, 2.45) is 5.73 Å². The second kappa shape index (κ2) is 6.33. The van der Waals surface area contributed by atoms with Gasteiger partial charge in [-0.15, -0.1) is 0 Å². The van der Waals surface area contributed by atoms with E-state index in [9.17, 15) is 14.7 Å². The molecule has 0 atom stereocenters. The minimum absolute atomic E-state index is 0.0359. The van der Waals surface area contributed by atoms with Gasteiger partial charge in [-0.2, -0.15) is 0 Å². The topological polar surface area (TPSA) is 111 Å². The molecule has 0 aliphatic rings. The Balaban J connectivity index is 2.59. The summed E-state index contributed by atoms with van der Waals surface area (Å²) in [5, 5.41) is 12.2. The van der Waals surface area contributed by atoms with Gasteiger partial charge in [-0.25, -0.2) is 4.79 Å². The van der Waals surface area contributed by atoms with Crippen LogP contribution in [0.15, 0.2) is 18.2 Å². The highest BCUT2D eigenvalue weighted by Crippen LogP contribution is 2.28. The Labute approximate surface area is 103 Å². The van der Waals surface area contributed by atoms with Crippen LogP contribution in [0.3, 0.4) is 0 Å². The van der Waals surface area contributed by atoms with E-state index in [-0.39, 0.29) is 30.2 Å². The zero-order valence-corrected chi connectivity index (χ0v) is 9.80. The van der Waals surface area contributed by atoms with Crippen molar-refractivity contribution in [3.05, 3.63) is 23.8 Å². The summed E-state index contributed by atoms with van der Waals surface area (Å²) in [6.07, 6.45) is -0.909. The standard InChI is InChI=1S/C11H14N2O5/c1-17-8-4-2-3-7(9(8)14)10(15)13-5-6-18-11(12)16/h2-4,14H,5-6H2,1H3,(H2,12,16)(H,13,15). The van der Waals surface area contributed by atoms with E-state index >= 15 is 0 Å². The molecule has 7 nitrogen and oxygen atoms in total. The first-order chi connectivity index (χ1) is 8.56. The molecule has 1 aromatic rings. The summed E-state index contributed by atoms with van der Waals surface area (Å²) >= 11 is 0. The highest BCUT2D eigenvalue weighted by Gasteiger charge is 2.14. The number of methoxy groups -OCH3 is 1. The fraction of sp³-hybridized carbons (Fsp3) is 0.273. The summed E-state index contributed by atoms with van der Waals surface area (Å²) in [6, 6.07) is 4.55. The number of aromatic hydroxyl groups is 1. The normalized spacial score (nSPS) is 9.61. The Morgan fingerprint density at radius 3 is 2.78 bits per heavy atom. The largest absolute Gasteiger partial charge is 0.504 e. The highest BCUT2D eigenvalue weighted by atomic mass is 16.5. The molecule has 0 unspecified atom stereocenters. The zero-order chi connectivity index (χ0) is 13.5. The molecule has 1 aromatic carbocycles. The lowest BCUT2D eigenvalue weighted by molar-refractivity contribution is 0.0933. The first kappa shape index (κ1) is 13.6. The minimum atomic E-state index is -0.909. The molecule has 18 heavy (non-hydrogen) atoms. The number of phenolic OH excluding ortho intramolecular Hbond substituents is 1. The van der Waals surface area contributed by atoms with Crippen molar-refractivity contribution in [3.63, 3.8) is 0 Å². The second-order valence-electron chi connectivity index (χ2n) is 3.28. The number of para-hydroxylation sites is 1. The Hall–Kier alpha value is -2.44. The average molecular weight is 254 g/mol. The van der Waals surface area contributed by atoms with Gasteiger partial charge in [-0.05, 0) is 12.1 Å². The monoisotopic (exact) mass is 254 g/mol. The van der Waals surface area contributed by atoms with E-state index in [2.05, 4.69) is 10.1 Å². The van der Waals surface area contributed by atoms with Crippen molar-refractivity contribution in [2.45, 2.75) is 0 Å². The highest BCUT2D eigenvalue weighted by molar-refractivity contribution is 5.97. The van der Waals surface area contributed by atoms with Gasteiger partial charge >= 0.3 is 6.09 Å². The van der Waals surface area contributed by atoms with Crippen molar-refractivity contribution >= 4 is 12.0 Å². The number of amides is 2. The number of hydrogen-bond donors (Lipinski definition) is 3. The number of phenols is 1. The van der Waals surface area contributed by atoms with Gasteiger partial charge in [0.05, 0.1) is 19.2 Å². The smallest absolute Gasteiger partial charge is 0.404 e. The SMILES string of the molecule is COc1cccc(C(=O)NCCOC(N)=O)c1O. The summed E-state index contributed by atoms with van der Waals surface area (Å²) in [4.78, 5) is 22.0. The molecule has 2 amide bonds. The third kappa shape index (κ3) is 3.55. The first-order valence-electron chi connectivity index (χ1n) is 5.12. The molecule has 0 aliphatic carbocycles. The number of ether oxygens (including phenoxy) is 2. The number of hydrogen-bond acceptors (Lipinski definition) is 5. The Bertz CT molecular complexity index is 447. The third-order valence-corrected chi connectivity index (χ3v) is 2.10. The molecule has 0 aromatic heterocycles. The lowest BCUT2D eigenvalue weighted by atomic mass is 10.1. The van der Waals surface area contributed by atoms with Gasteiger partial charge in [0, 0.05) is 0 Å². The van der Waals surface area contributed by atoms with Crippen molar-refractivity contribution in [3.8, 4) is 11.5 Å². The zero-order valence-electron chi connectivity index (χ0n) is 9.80. The number of carbonyl (C=O) groups excluding carboxylic acids is 2. The van der Waals surface area contributed by atoms with Crippen LogP contribution in [0.5, 0.6) is 11.5 Å². The van der Waals surface area contributed by atoms with Crippen LogP contribution in [0.2, 0.25) is 0 Å². The molecule has 0 fully saturated rings. The molecule has 7 heteroatoms. The third-order valence-electron chi connectivity index (χ3n) is 2.10. The Morgan fingerprint density at radius 2 is 2.17 bits per heavy atom. The number of nitrogens with one attached hydrogen (secondary N) is 1. The minimum Gasteiger partial charge on any atom is -0.504 e. The van der Waals surface area contributed by atoms with E-state index in [0.717, 1.165) is 0 Å². The average Bonchev–Trinajstić information content (AvgIpc) is 2.34. The van der Waals surface area contributed by atoms with Crippen LogP contribution < -0.4 is 15.8 Å². The molecule has 0 saturated carbocycles. The van der Waals surface area contributed by atoms with E-state index in [0.29, 0.717) is 0 Å². The molecule has 0 spiro atoms. The molecule has 0 heterocycles. The fourth-order valence-corrected chi connectivity index (χ4v) is 1.28. The van der Waals surface area contributed by atoms with E-state index < -0.39 is 12.0 Å². The van der Waals surface area contributed by atoms with Crippen LogP contribution in [0, 0.1) is 0 Å². The fourth-order valence-electron chi connectivity index (χ4n) is 1.28. The quantitative estimate of drug-likeness (QED) is 0.651. The van der Waals surface area contributed by atoms with Crippen molar-refractivity contribution in [1.29, 1.82) is 0 Å². The summed E-state index contributed by atoms with van der Waals surface area (Å²) in [5.41, 5.74) is 4.83. The van der Waals surface area contributed by atoms with E-state index in [1.807, 2.05) is 0 Å². The number of nitrogens with two attached hydrogens (primary N) is 1. The summed E-state index contributed by atoms with van der Waals surface area (Å²) < 4.78 is 9.32. The molecule has 0 bridgehead atoms. The van der Waals surface area contributed by atoms with Crippen LogP contribution in [0.4, 0.5) is 4.79 Å². The lowest BCUT2D eigenvalue weighted by Gasteiger charge is -2.09. The van der Waals surface area contributed by atoms with Gasteiger partial charge < -0.3 is 25.6 Å². The van der Waals surface area contributed by atoms with Crippen molar-refractivity contribution < 1.29 is 24.2 Å². The Kier molecular flexibility index (Phi) is 4.79. The maximum absolute atomic E-state index is 11.7. The number of primary amides is 1. The van der Waals surface area contributed by atoms with Crippen LogP contribution in [-0.4, -0.2) is 37.4 Å². The van der Waals surface area contributed by atoms with Gasteiger partial charge in [0.2, 0.25) is 0 Å². The molecule has 98 valence electrons. The maximum atomic E-state index is 11.7. The molecule has 0 radical (unpaired) electrons. The summed E-state index contributed by atoms with van der Waals surface area (Å²) in [5.74, 6) is -0.538. The van der Waals surface area contributed by atoms with E-state index in [1.54, 1.807) is 6.07 Å². The maximum Gasteiger partial charge on any atom is 0.404 e. The van der Waals surface area contributed by atoms with E-state index in [1.165, 1.54) is 19.2 Å². The number of rotatable bonds is 5. The predicted octanol–water partition coefficient (Wildman–Crippen LogP) is 0.226. The van der Waals surface area contributed by atoms with Gasteiger partial charge in [0.25, 0.3) is 5.91 Å². The molecule has 4 N–H and O–H groups in total. The summed E-state index contributed by atoms with van der Waals surface area (Å²) in [7, 11) is 1.39.